The summed E-state index contributed by atoms with van der Waals surface area (Å²) in [6.07, 6.45) is 2.37. The van der Waals surface area contributed by atoms with E-state index in [9.17, 15) is 14.0 Å². The van der Waals surface area contributed by atoms with Crippen molar-refractivity contribution in [2.45, 2.75) is 13.3 Å². The van der Waals surface area contributed by atoms with Crippen LogP contribution in [0.5, 0.6) is 11.5 Å². The predicted molar refractivity (Wildman–Crippen MR) is 115 cm³/mol. The standard InChI is InChI=1S/C24H21FN2O4/c1-2-15-30-19-13-9-18(10-14-19)23(28)27-26-16-17-7-11-20(12-8-17)31-24(29)21-5-3-4-6-22(21)25/h3-14,16H,2,15H2,1H3,(H,27,28)/b26-16-. The number of esters is 1. The molecular weight excluding hydrogens is 399 g/mol. The summed E-state index contributed by atoms with van der Waals surface area (Å²) in [4.78, 5) is 24.2. The molecule has 7 heteroatoms. The average Bonchev–Trinajstić information content (AvgIpc) is 2.79. The first kappa shape index (κ1) is 21.7. The summed E-state index contributed by atoms with van der Waals surface area (Å²) in [5.74, 6) is -0.806. The highest BCUT2D eigenvalue weighted by molar-refractivity contribution is 5.95. The Balaban J connectivity index is 1.53. The van der Waals surface area contributed by atoms with Crippen molar-refractivity contribution < 1.29 is 23.5 Å². The molecule has 0 saturated heterocycles. The minimum atomic E-state index is -0.780. The summed E-state index contributed by atoms with van der Waals surface area (Å²) in [5.41, 5.74) is 3.44. The van der Waals surface area contributed by atoms with Crippen molar-refractivity contribution in [2.24, 2.45) is 5.10 Å². The topological polar surface area (TPSA) is 77.0 Å². The van der Waals surface area contributed by atoms with Crippen LogP contribution in [0.2, 0.25) is 0 Å². The lowest BCUT2D eigenvalue weighted by Crippen LogP contribution is -2.17. The van der Waals surface area contributed by atoms with E-state index in [-0.39, 0.29) is 17.2 Å². The van der Waals surface area contributed by atoms with Crippen LogP contribution in [0, 0.1) is 5.82 Å². The Morgan fingerprint density at radius 2 is 1.65 bits per heavy atom. The quantitative estimate of drug-likeness (QED) is 0.250. The molecule has 0 spiro atoms. The average molecular weight is 420 g/mol. The lowest BCUT2D eigenvalue weighted by molar-refractivity contribution is 0.0729. The number of carbonyl (C=O) groups excluding carboxylic acids is 2. The van der Waals surface area contributed by atoms with Crippen LogP contribution in [-0.4, -0.2) is 24.7 Å². The Bertz CT molecular complexity index is 1060. The van der Waals surface area contributed by atoms with Crippen molar-refractivity contribution in [1.29, 1.82) is 0 Å². The number of ether oxygens (including phenoxy) is 2. The maximum Gasteiger partial charge on any atom is 0.346 e. The van der Waals surface area contributed by atoms with Crippen LogP contribution in [0.1, 0.15) is 39.6 Å². The highest BCUT2D eigenvalue weighted by atomic mass is 19.1. The van der Waals surface area contributed by atoms with Gasteiger partial charge in [0.05, 0.1) is 18.4 Å². The van der Waals surface area contributed by atoms with Gasteiger partial charge in [-0.3, -0.25) is 4.79 Å². The number of hydrogen-bond donors (Lipinski definition) is 1. The number of benzene rings is 3. The van der Waals surface area contributed by atoms with Crippen LogP contribution in [0.15, 0.2) is 77.9 Å². The molecule has 0 saturated carbocycles. The number of nitrogens with zero attached hydrogens (tertiary/aromatic N) is 1. The molecule has 6 nitrogen and oxygen atoms in total. The number of hydrogen-bond acceptors (Lipinski definition) is 5. The van der Waals surface area contributed by atoms with E-state index in [0.29, 0.717) is 23.5 Å². The van der Waals surface area contributed by atoms with Crippen LogP contribution < -0.4 is 14.9 Å². The van der Waals surface area contributed by atoms with Gasteiger partial charge >= 0.3 is 5.97 Å². The van der Waals surface area contributed by atoms with E-state index in [1.165, 1.54) is 24.4 Å². The Morgan fingerprint density at radius 1 is 0.968 bits per heavy atom. The second-order valence-corrected chi connectivity index (χ2v) is 6.51. The fourth-order valence-corrected chi connectivity index (χ4v) is 2.56. The zero-order valence-corrected chi connectivity index (χ0v) is 16.9. The molecule has 3 rings (SSSR count). The predicted octanol–water partition coefficient (Wildman–Crippen LogP) is 4.60. The molecule has 0 aliphatic heterocycles. The zero-order chi connectivity index (χ0) is 22.1. The molecular formula is C24H21FN2O4. The molecule has 3 aromatic carbocycles. The minimum Gasteiger partial charge on any atom is -0.494 e. The van der Waals surface area contributed by atoms with Gasteiger partial charge in [0.25, 0.3) is 5.91 Å². The number of amides is 1. The Hall–Kier alpha value is -4.00. The van der Waals surface area contributed by atoms with Gasteiger partial charge in [0.2, 0.25) is 0 Å². The lowest BCUT2D eigenvalue weighted by Gasteiger charge is -2.06. The van der Waals surface area contributed by atoms with E-state index >= 15 is 0 Å². The molecule has 158 valence electrons. The first-order valence-electron chi connectivity index (χ1n) is 9.70. The normalized spacial score (nSPS) is 10.6. The summed E-state index contributed by atoms with van der Waals surface area (Å²) < 4.78 is 24.3. The smallest absolute Gasteiger partial charge is 0.346 e. The molecule has 0 aliphatic rings. The van der Waals surface area contributed by atoms with Gasteiger partial charge in [-0.25, -0.2) is 14.6 Å². The van der Waals surface area contributed by atoms with Gasteiger partial charge in [0.15, 0.2) is 0 Å². The van der Waals surface area contributed by atoms with Gasteiger partial charge < -0.3 is 9.47 Å². The number of carbonyl (C=O) groups is 2. The second kappa shape index (κ2) is 10.7. The third-order valence-corrected chi connectivity index (χ3v) is 4.15. The Morgan fingerprint density at radius 3 is 2.32 bits per heavy atom. The highest BCUT2D eigenvalue weighted by Crippen LogP contribution is 2.15. The molecule has 0 unspecified atom stereocenters. The van der Waals surface area contributed by atoms with Crippen LogP contribution in [-0.2, 0) is 0 Å². The van der Waals surface area contributed by atoms with E-state index in [1.807, 2.05) is 6.92 Å². The summed E-state index contributed by atoms with van der Waals surface area (Å²) in [5, 5.41) is 3.93. The summed E-state index contributed by atoms with van der Waals surface area (Å²) in [6, 6.07) is 18.8. The molecule has 0 aliphatic carbocycles. The summed E-state index contributed by atoms with van der Waals surface area (Å²) in [6.45, 7) is 2.64. The van der Waals surface area contributed by atoms with Crippen molar-refractivity contribution in [3.05, 3.63) is 95.3 Å². The van der Waals surface area contributed by atoms with Crippen LogP contribution in [0.4, 0.5) is 4.39 Å². The van der Waals surface area contributed by atoms with Gasteiger partial charge in [0.1, 0.15) is 17.3 Å². The zero-order valence-electron chi connectivity index (χ0n) is 16.9. The van der Waals surface area contributed by atoms with Crippen LogP contribution in [0.25, 0.3) is 0 Å². The van der Waals surface area contributed by atoms with Crippen LogP contribution >= 0.6 is 0 Å². The Kier molecular flexibility index (Phi) is 7.48. The highest BCUT2D eigenvalue weighted by Gasteiger charge is 2.13. The third kappa shape index (κ3) is 6.24. The molecule has 0 heterocycles. The third-order valence-electron chi connectivity index (χ3n) is 4.15. The lowest BCUT2D eigenvalue weighted by atomic mass is 10.2. The van der Waals surface area contributed by atoms with Crippen molar-refractivity contribution >= 4 is 18.1 Å². The number of nitrogens with one attached hydrogen (secondary N) is 1. The summed E-state index contributed by atoms with van der Waals surface area (Å²) >= 11 is 0. The van der Waals surface area contributed by atoms with E-state index in [1.54, 1.807) is 54.6 Å². The number of halogens is 1. The molecule has 0 fully saturated rings. The molecule has 0 atom stereocenters. The fourth-order valence-electron chi connectivity index (χ4n) is 2.56. The molecule has 3 aromatic rings. The van der Waals surface area contributed by atoms with Crippen molar-refractivity contribution in [3.63, 3.8) is 0 Å². The van der Waals surface area contributed by atoms with Crippen molar-refractivity contribution in [3.8, 4) is 11.5 Å². The monoisotopic (exact) mass is 420 g/mol. The molecule has 0 radical (unpaired) electrons. The fraction of sp³-hybridized carbons (Fsp3) is 0.125. The number of rotatable bonds is 8. The molecule has 0 aromatic heterocycles. The molecule has 1 amide bonds. The first-order valence-corrected chi connectivity index (χ1v) is 9.70. The molecule has 1 N–H and O–H groups in total. The maximum absolute atomic E-state index is 13.6. The largest absolute Gasteiger partial charge is 0.494 e. The van der Waals surface area contributed by atoms with Gasteiger partial charge in [-0.15, -0.1) is 0 Å². The first-order chi connectivity index (χ1) is 15.1. The Labute approximate surface area is 179 Å². The van der Waals surface area contributed by atoms with Crippen molar-refractivity contribution in [2.75, 3.05) is 6.61 Å². The van der Waals surface area contributed by atoms with E-state index < -0.39 is 11.8 Å². The van der Waals surface area contributed by atoms with E-state index in [4.69, 9.17) is 9.47 Å². The summed E-state index contributed by atoms with van der Waals surface area (Å²) in [7, 11) is 0. The minimum absolute atomic E-state index is 0.138. The molecule has 0 bridgehead atoms. The van der Waals surface area contributed by atoms with Crippen LogP contribution in [0.3, 0.4) is 0 Å². The van der Waals surface area contributed by atoms with Gasteiger partial charge in [-0.1, -0.05) is 19.1 Å². The van der Waals surface area contributed by atoms with Crippen molar-refractivity contribution in [1.82, 2.24) is 5.43 Å². The van der Waals surface area contributed by atoms with Gasteiger partial charge in [0, 0.05) is 5.56 Å². The van der Waals surface area contributed by atoms with E-state index in [2.05, 4.69) is 10.5 Å². The maximum atomic E-state index is 13.6. The SMILES string of the molecule is CCCOc1ccc(C(=O)N/N=C\c2ccc(OC(=O)c3ccccc3F)cc2)cc1. The van der Waals surface area contributed by atoms with E-state index in [0.717, 1.165) is 6.42 Å². The second-order valence-electron chi connectivity index (χ2n) is 6.51. The molecule has 31 heavy (non-hydrogen) atoms. The number of hydrazone groups is 1. The van der Waals surface area contributed by atoms with Gasteiger partial charge in [-0.05, 0) is 72.6 Å². The van der Waals surface area contributed by atoms with Gasteiger partial charge in [-0.2, -0.15) is 5.10 Å².